The number of hydrogen-bond donors (Lipinski definition) is 0. The fourth-order valence-electron chi connectivity index (χ4n) is 4.46. The van der Waals surface area contributed by atoms with Gasteiger partial charge in [-0.15, -0.1) is 0 Å². The number of benzene rings is 1. The second kappa shape index (κ2) is 11.3. The highest BCUT2D eigenvalue weighted by Gasteiger charge is 2.39. The second-order valence-corrected chi connectivity index (χ2v) is 11.4. The Hall–Kier alpha value is -1.68. The first kappa shape index (κ1) is 25.6. The molecular formula is C27H42O4. The summed E-state index contributed by atoms with van der Waals surface area (Å²) in [7, 11) is 0. The van der Waals surface area contributed by atoms with Gasteiger partial charge in [0.1, 0.15) is 11.4 Å². The number of hydrogen-bond acceptors (Lipinski definition) is 4. The molecule has 0 bridgehead atoms. The molecule has 174 valence electrons. The zero-order valence-electron chi connectivity index (χ0n) is 20.4. The number of ketones is 1. The van der Waals surface area contributed by atoms with Crippen LogP contribution >= 0.6 is 0 Å². The predicted molar refractivity (Wildman–Crippen MR) is 125 cm³/mol. The van der Waals surface area contributed by atoms with E-state index in [0.717, 1.165) is 31.2 Å². The summed E-state index contributed by atoms with van der Waals surface area (Å²) in [6.07, 6.45) is 4.70. The van der Waals surface area contributed by atoms with Crippen molar-refractivity contribution in [2.75, 3.05) is 6.61 Å². The topological polar surface area (TPSA) is 52.6 Å². The van der Waals surface area contributed by atoms with Gasteiger partial charge in [0.15, 0.2) is 0 Å². The van der Waals surface area contributed by atoms with E-state index >= 15 is 0 Å². The van der Waals surface area contributed by atoms with Gasteiger partial charge in [0.05, 0.1) is 13.0 Å². The molecule has 0 aromatic heterocycles. The van der Waals surface area contributed by atoms with E-state index in [1.54, 1.807) is 0 Å². The number of Topliss-reactive ketones (excluding diaryl/α,β-unsaturated/α-hetero) is 1. The van der Waals surface area contributed by atoms with Gasteiger partial charge >= 0.3 is 5.97 Å². The summed E-state index contributed by atoms with van der Waals surface area (Å²) in [4.78, 5) is 25.6. The molecule has 1 fully saturated rings. The van der Waals surface area contributed by atoms with Crippen LogP contribution in [0.5, 0.6) is 0 Å². The number of rotatable bonds is 11. The van der Waals surface area contributed by atoms with Crippen LogP contribution in [0, 0.1) is 23.2 Å². The normalized spacial score (nSPS) is 20.1. The van der Waals surface area contributed by atoms with E-state index in [2.05, 4.69) is 20.8 Å². The SMILES string of the molecule is CC(C)(C)CC1CC(C(=O)C(CCCOCc2ccccc2)CC(=O)OC(C)(C)C)C1. The molecule has 0 amide bonds. The Morgan fingerprint density at radius 1 is 1.03 bits per heavy atom. The fraction of sp³-hybridized carbons (Fsp3) is 0.704. The lowest BCUT2D eigenvalue weighted by molar-refractivity contribution is -0.158. The highest BCUT2D eigenvalue weighted by atomic mass is 16.6. The third kappa shape index (κ3) is 9.99. The summed E-state index contributed by atoms with van der Waals surface area (Å²) in [5.41, 5.74) is 0.908. The van der Waals surface area contributed by atoms with Crippen molar-refractivity contribution in [2.24, 2.45) is 23.2 Å². The number of carbonyl (C=O) groups excluding carboxylic acids is 2. The summed E-state index contributed by atoms with van der Waals surface area (Å²) < 4.78 is 11.3. The van der Waals surface area contributed by atoms with Crippen LogP contribution in [0.4, 0.5) is 0 Å². The van der Waals surface area contributed by atoms with Gasteiger partial charge in [0.2, 0.25) is 0 Å². The maximum Gasteiger partial charge on any atom is 0.307 e. The number of ether oxygens (including phenoxy) is 2. The first-order valence-corrected chi connectivity index (χ1v) is 11.8. The van der Waals surface area contributed by atoms with Crippen LogP contribution < -0.4 is 0 Å². The van der Waals surface area contributed by atoms with E-state index in [4.69, 9.17) is 9.47 Å². The Morgan fingerprint density at radius 3 is 2.26 bits per heavy atom. The van der Waals surface area contributed by atoms with E-state index in [1.165, 1.54) is 0 Å². The van der Waals surface area contributed by atoms with Gasteiger partial charge in [-0.25, -0.2) is 0 Å². The summed E-state index contributed by atoms with van der Waals surface area (Å²) in [5.74, 6) is 0.437. The molecule has 1 aliphatic carbocycles. The molecule has 1 atom stereocenters. The molecule has 1 aliphatic rings. The molecule has 0 N–H and O–H groups in total. The summed E-state index contributed by atoms with van der Waals surface area (Å²) >= 11 is 0. The molecule has 1 saturated carbocycles. The molecule has 0 heterocycles. The van der Waals surface area contributed by atoms with E-state index < -0.39 is 5.60 Å². The van der Waals surface area contributed by atoms with Crippen LogP contribution in [-0.2, 0) is 25.7 Å². The first-order chi connectivity index (χ1) is 14.4. The van der Waals surface area contributed by atoms with Crippen molar-refractivity contribution < 1.29 is 19.1 Å². The molecular weight excluding hydrogens is 388 g/mol. The molecule has 0 spiro atoms. The van der Waals surface area contributed by atoms with E-state index in [0.29, 0.717) is 31.0 Å². The highest BCUT2D eigenvalue weighted by molar-refractivity contribution is 5.87. The standard InChI is InChI=1S/C27H42O4/c1-26(2,3)18-21-15-23(16-21)25(29)22(17-24(28)31-27(4,5)6)13-10-14-30-19-20-11-8-7-9-12-20/h7-9,11-12,21-23H,10,13-19H2,1-6H3. The molecule has 1 aromatic rings. The van der Waals surface area contributed by atoms with Crippen molar-refractivity contribution in [3.8, 4) is 0 Å². The monoisotopic (exact) mass is 430 g/mol. The van der Waals surface area contributed by atoms with Gasteiger partial charge in [-0.1, -0.05) is 51.1 Å². The number of carbonyl (C=O) groups is 2. The lowest BCUT2D eigenvalue weighted by atomic mass is 9.65. The van der Waals surface area contributed by atoms with Gasteiger partial charge < -0.3 is 9.47 Å². The van der Waals surface area contributed by atoms with Gasteiger partial charge in [0, 0.05) is 18.4 Å². The van der Waals surface area contributed by atoms with E-state index in [-0.39, 0.29) is 30.0 Å². The van der Waals surface area contributed by atoms with Crippen molar-refractivity contribution >= 4 is 11.8 Å². The molecule has 0 radical (unpaired) electrons. The Balaban J connectivity index is 1.84. The molecule has 1 unspecified atom stereocenters. The van der Waals surface area contributed by atoms with Crippen molar-refractivity contribution in [3.63, 3.8) is 0 Å². The Kier molecular flexibility index (Phi) is 9.29. The van der Waals surface area contributed by atoms with Crippen molar-refractivity contribution in [1.82, 2.24) is 0 Å². The minimum Gasteiger partial charge on any atom is -0.460 e. The summed E-state index contributed by atoms with van der Waals surface area (Å²) in [6, 6.07) is 10.1. The summed E-state index contributed by atoms with van der Waals surface area (Å²) in [6.45, 7) is 13.5. The molecule has 31 heavy (non-hydrogen) atoms. The van der Waals surface area contributed by atoms with Crippen LogP contribution in [0.1, 0.15) is 85.6 Å². The molecule has 4 heteroatoms. The molecule has 4 nitrogen and oxygen atoms in total. The van der Waals surface area contributed by atoms with Crippen LogP contribution in [0.15, 0.2) is 30.3 Å². The van der Waals surface area contributed by atoms with Gasteiger partial charge in [-0.3, -0.25) is 9.59 Å². The zero-order valence-corrected chi connectivity index (χ0v) is 20.4. The van der Waals surface area contributed by atoms with Gasteiger partial charge in [-0.05, 0) is 69.8 Å². The van der Waals surface area contributed by atoms with E-state index in [1.807, 2.05) is 51.1 Å². The Labute approximate surface area is 189 Å². The first-order valence-electron chi connectivity index (χ1n) is 11.8. The average molecular weight is 431 g/mol. The van der Waals surface area contributed by atoms with E-state index in [9.17, 15) is 9.59 Å². The fourth-order valence-corrected chi connectivity index (χ4v) is 4.46. The van der Waals surface area contributed by atoms with Crippen LogP contribution in [-0.4, -0.2) is 24.0 Å². The maximum absolute atomic E-state index is 13.2. The van der Waals surface area contributed by atoms with Crippen LogP contribution in [0.3, 0.4) is 0 Å². The second-order valence-electron chi connectivity index (χ2n) is 11.4. The minimum absolute atomic E-state index is 0.102. The molecule has 1 aromatic carbocycles. The van der Waals surface area contributed by atoms with Gasteiger partial charge in [0.25, 0.3) is 0 Å². The van der Waals surface area contributed by atoms with Crippen molar-refractivity contribution in [3.05, 3.63) is 35.9 Å². The van der Waals surface area contributed by atoms with Crippen molar-refractivity contribution in [1.29, 1.82) is 0 Å². The van der Waals surface area contributed by atoms with Gasteiger partial charge in [-0.2, -0.15) is 0 Å². The Bertz CT molecular complexity index is 690. The Morgan fingerprint density at radius 2 is 1.68 bits per heavy atom. The quantitative estimate of drug-likeness (QED) is 0.303. The predicted octanol–water partition coefficient (Wildman–Crippen LogP) is 6.36. The summed E-state index contributed by atoms with van der Waals surface area (Å²) in [5, 5.41) is 0. The molecule has 0 saturated heterocycles. The minimum atomic E-state index is -0.530. The molecule has 0 aliphatic heterocycles. The lowest BCUT2D eigenvalue weighted by Gasteiger charge is -2.39. The lowest BCUT2D eigenvalue weighted by Crippen LogP contribution is -2.37. The van der Waals surface area contributed by atoms with Crippen molar-refractivity contribution in [2.45, 2.75) is 92.3 Å². The average Bonchev–Trinajstić information content (AvgIpc) is 2.61. The van der Waals surface area contributed by atoms with Crippen LogP contribution in [0.2, 0.25) is 0 Å². The maximum atomic E-state index is 13.2. The smallest absolute Gasteiger partial charge is 0.307 e. The molecule has 2 rings (SSSR count). The van der Waals surface area contributed by atoms with Crippen LogP contribution in [0.25, 0.3) is 0 Å². The third-order valence-electron chi connectivity index (χ3n) is 5.73. The highest BCUT2D eigenvalue weighted by Crippen LogP contribution is 2.43. The number of esters is 1. The largest absolute Gasteiger partial charge is 0.460 e. The third-order valence-corrected chi connectivity index (χ3v) is 5.73. The zero-order chi connectivity index (χ0) is 23.1.